The maximum atomic E-state index is 13.6. The van der Waals surface area contributed by atoms with Crippen LogP contribution in [-0.4, -0.2) is 12.1 Å². The maximum absolute atomic E-state index is 13.6. The number of methoxy groups -OCH3 is 1. The van der Waals surface area contributed by atoms with Gasteiger partial charge in [0.25, 0.3) is 0 Å². The van der Waals surface area contributed by atoms with Crippen LogP contribution in [0.3, 0.4) is 0 Å². The van der Waals surface area contributed by atoms with Gasteiger partial charge < -0.3 is 10.5 Å². The van der Waals surface area contributed by atoms with Crippen LogP contribution in [0, 0.1) is 11.6 Å². The van der Waals surface area contributed by atoms with E-state index in [1.165, 1.54) is 13.3 Å². The van der Waals surface area contributed by atoms with Crippen molar-refractivity contribution < 1.29 is 13.5 Å². The number of benzene rings is 1. The zero-order chi connectivity index (χ0) is 12.4. The molecule has 1 aromatic heterocycles. The van der Waals surface area contributed by atoms with E-state index in [1.54, 1.807) is 12.1 Å². The Morgan fingerprint density at radius 3 is 2.53 bits per heavy atom. The zero-order valence-electron chi connectivity index (χ0n) is 9.08. The number of aromatic nitrogens is 1. The number of nitrogens with two attached hydrogens (primary N) is 1. The third-order valence-corrected chi connectivity index (χ3v) is 2.34. The highest BCUT2D eigenvalue weighted by Crippen LogP contribution is 2.26. The second-order valence-corrected chi connectivity index (χ2v) is 3.44. The fraction of sp³-hybridized carbons (Fsp3) is 0.0833. The Kier molecular flexibility index (Phi) is 2.91. The maximum Gasteiger partial charge on any atom is 0.212 e. The van der Waals surface area contributed by atoms with Gasteiger partial charge in [-0.2, -0.15) is 0 Å². The summed E-state index contributed by atoms with van der Waals surface area (Å²) < 4.78 is 31.7. The lowest BCUT2D eigenvalue weighted by molar-refractivity contribution is 0.398. The van der Waals surface area contributed by atoms with Crippen LogP contribution in [0.15, 0.2) is 30.5 Å². The number of nitrogens with zero attached hydrogens (tertiary/aromatic N) is 1. The van der Waals surface area contributed by atoms with Gasteiger partial charge in [-0.25, -0.2) is 13.8 Å². The monoisotopic (exact) mass is 236 g/mol. The van der Waals surface area contributed by atoms with Crippen LogP contribution in [0.5, 0.6) is 5.88 Å². The Morgan fingerprint density at radius 1 is 1.18 bits per heavy atom. The standard InChI is InChI=1S/C12H10F2N2O/c1-17-12-3-2-7(6-16-12)8-4-10(14)11(15)5-9(8)13/h2-6H,15H2,1H3. The number of halogens is 2. The first-order valence-corrected chi connectivity index (χ1v) is 4.86. The summed E-state index contributed by atoms with van der Waals surface area (Å²) in [5.41, 5.74) is 5.63. The van der Waals surface area contributed by atoms with E-state index in [-0.39, 0.29) is 11.3 Å². The highest BCUT2D eigenvalue weighted by Gasteiger charge is 2.10. The Balaban J connectivity index is 2.48. The number of hydrogen-bond donors (Lipinski definition) is 1. The van der Waals surface area contributed by atoms with Gasteiger partial charge in [0.2, 0.25) is 5.88 Å². The zero-order valence-corrected chi connectivity index (χ0v) is 9.08. The van der Waals surface area contributed by atoms with Crippen molar-refractivity contribution in [1.82, 2.24) is 4.98 Å². The predicted octanol–water partition coefficient (Wildman–Crippen LogP) is 2.62. The summed E-state index contributed by atoms with van der Waals surface area (Å²) in [6.45, 7) is 0. The molecular formula is C12H10F2N2O. The fourth-order valence-electron chi connectivity index (χ4n) is 1.44. The van der Waals surface area contributed by atoms with Crippen LogP contribution >= 0.6 is 0 Å². The Hall–Kier alpha value is -2.17. The third kappa shape index (κ3) is 2.18. The number of nitrogen functional groups attached to an aromatic ring is 1. The minimum absolute atomic E-state index is 0.117. The lowest BCUT2D eigenvalue weighted by atomic mass is 10.1. The topological polar surface area (TPSA) is 48.1 Å². The summed E-state index contributed by atoms with van der Waals surface area (Å²) >= 11 is 0. The van der Waals surface area contributed by atoms with Crippen molar-refractivity contribution in [3.63, 3.8) is 0 Å². The van der Waals surface area contributed by atoms with Gasteiger partial charge in [0.1, 0.15) is 11.6 Å². The Morgan fingerprint density at radius 2 is 1.94 bits per heavy atom. The van der Waals surface area contributed by atoms with E-state index in [9.17, 15) is 8.78 Å². The van der Waals surface area contributed by atoms with Gasteiger partial charge in [-0.3, -0.25) is 0 Å². The molecule has 2 rings (SSSR count). The number of ether oxygens (including phenoxy) is 1. The molecule has 17 heavy (non-hydrogen) atoms. The molecule has 1 heterocycles. The van der Waals surface area contributed by atoms with Gasteiger partial charge in [-0.05, 0) is 12.1 Å². The summed E-state index contributed by atoms with van der Waals surface area (Å²) in [6, 6.07) is 5.17. The van der Waals surface area contributed by atoms with E-state index in [2.05, 4.69) is 4.98 Å². The summed E-state index contributed by atoms with van der Waals surface area (Å²) in [5.74, 6) is -0.835. The smallest absolute Gasteiger partial charge is 0.212 e. The molecule has 0 aliphatic carbocycles. The molecule has 0 aliphatic heterocycles. The molecule has 0 aliphatic rings. The average Bonchev–Trinajstić information content (AvgIpc) is 2.34. The molecule has 3 nitrogen and oxygen atoms in total. The second kappa shape index (κ2) is 4.37. The first-order valence-electron chi connectivity index (χ1n) is 4.86. The van der Waals surface area contributed by atoms with Gasteiger partial charge in [0.15, 0.2) is 0 Å². The van der Waals surface area contributed by atoms with Crippen LogP contribution in [0.4, 0.5) is 14.5 Å². The van der Waals surface area contributed by atoms with Gasteiger partial charge in [-0.1, -0.05) is 0 Å². The highest BCUT2D eigenvalue weighted by molar-refractivity contribution is 5.66. The van der Waals surface area contributed by atoms with E-state index in [0.29, 0.717) is 11.4 Å². The first-order chi connectivity index (χ1) is 8.11. The Labute approximate surface area is 96.9 Å². The van der Waals surface area contributed by atoms with Crippen LogP contribution in [-0.2, 0) is 0 Å². The Bertz CT molecular complexity index is 541. The second-order valence-electron chi connectivity index (χ2n) is 3.44. The van der Waals surface area contributed by atoms with Crippen molar-refractivity contribution in [2.24, 2.45) is 0 Å². The van der Waals surface area contributed by atoms with Crippen molar-refractivity contribution in [1.29, 1.82) is 0 Å². The molecule has 0 spiro atoms. The molecule has 0 unspecified atom stereocenters. The molecule has 0 fully saturated rings. The largest absolute Gasteiger partial charge is 0.481 e. The van der Waals surface area contributed by atoms with E-state index in [0.717, 1.165) is 12.1 Å². The number of anilines is 1. The van der Waals surface area contributed by atoms with Crippen molar-refractivity contribution in [3.8, 4) is 17.0 Å². The minimum atomic E-state index is -0.655. The van der Waals surface area contributed by atoms with Crippen LogP contribution in [0.25, 0.3) is 11.1 Å². The summed E-state index contributed by atoms with van der Waals surface area (Å²) in [7, 11) is 1.48. The van der Waals surface area contributed by atoms with Crippen molar-refractivity contribution >= 4 is 5.69 Å². The van der Waals surface area contributed by atoms with E-state index < -0.39 is 11.6 Å². The molecule has 88 valence electrons. The van der Waals surface area contributed by atoms with Gasteiger partial charge in [0, 0.05) is 29.5 Å². The number of rotatable bonds is 2. The molecule has 5 heteroatoms. The quantitative estimate of drug-likeness (QED) is 0.815. The van der Waals surface area contributed by atoms with E-state index in [4.69, 9.17) is 10.5 Å². The minimum Gasteiger partial charge on any atom is -0.481 e. The van der Waals surface area contributed by atoms with Crippen molar-refractivity contribution in [2.45, 2.75) is 0 Å². The van der Waals surface area contributed by atoms with Crippen LogP contribution in [0.1, 0.15) is 0 Å². The third-order valence-electron chi connectivity index (χ3n) is 2.34. The lowest BCUT2D eigenvalue weighted by Gasteiger charge is -2.06. The predicted molar refractivity (Wildman–Crippen MR) is 60.6 cm³/mol. The van der Waals surface area contributed by atoms with E-state index >= 15 is 0 Å². The molecule has 0 bridgehead atoms. The molecule has 0 amide bonds. The molecule has 0 atom stereocenters. The summed E-state index contributed by atoms with van der Waals surface area (Å²) in [5, 5.41) is 0. The highest BCUT2D eigenvalue weighted by atomic mass is 19.1. The summed E-state index contributed by atoms with van der Waals surface area (Å²) in [4.78, 5) is 3.92. The van der Waals surface area contributed by atoms with Gasteiger partial charge in [-0.15, -0.1) is 0 Å². The van der Waals surface area contributed by atoms with Crippen LogP contribution in [0.2, 0.25) is 0 Å². The van der Waals surface area contributed by atoms with E-state index in [1.807, 2.05) is 0 Å². The molecule has 0 radical (unpaired) electrons. The fourth-order valence-corrected chi connectivity index (χ4v) is 1.44. The molecule has 1 aromatic carbocycles. The SMILES string of the molecule is COc1ccc(-c2cc(F)c(N)cc2F)cn1. The average molecular weight is 236 g/mol. The normalized spacial score (nSPS) is 10.3. The molecule has 0 saturated heterocycles. The molecule has 2 N–H and O–H groups in total. The number of hydrogen-bond acceptors (Lipinski definition) is 3. The first kappa shape index (κ1) is 11.3. The van der Waals surface area contributed by atoms with Gasteiger partial charge >= 0.3 is 0 Å². The van der Waals surface area contributed by atoms with Crippen LogP contribution < -0.4 is 10.5 Å². The number of pyridine rings is 1. The molecular weight excluding hydrogens is 226 g/mol. The van der Waals surface area contributed by atoms with Crippen molar-refractivity contribution in [2.75, 3.05) is 12.8 Å². The molecule has 0 saturated carbocycles. The van der Waals surface area contributed by atoms with Crippen molar-refractivity contribution in [3.05, 3.63) is 42.1 Å². The summed E-state index contributed by atoms with van der Waals surface area (Å²) in [6.07, 6.45) is 1.41. The van der Waals surface area contributed by atoms with Gasteiger partial charge in [0.05, 0.1) is 12.8 Å². The molecule has 2 aromatic rings. The lowest BCUT2D eigenvalue weighted by Crippen LogP contribution is -1.95.